The number of Topliss-reactive ketones (excluding diaryl/α,β-unsaturated/α-hetero) is 1. The molecule has 164 valence electrons. The van der Waals surface area contributed by atoms with Gasteiger partial charge in [0, 0.05) is 12.1 Å². The molecule has 31 heavy (non-hydrogen) atoms. The Kier molecular flexibility index (Phi) is 7.13. The Morgan fingerprint density at radius 3 is 2.29 bits per heavy atom. The molecule has 1 saturated heterocycles. The van der Waals surface area contributed by atoms with Crippen molar-refractivity contribution >= 4 is 17.4 Å². The maximum Gasteiger partial charge on any atom is 0.295 e. The van der Waals surface area contributed by atoms with E-state index in [0.29, 0.717) is 24.5 Å². The molecule has 0 saturated carbocycles. The van der Waals surface area contributed by atoms with E-state index in [9.17, 15) is 14.7 Å². The van der Waals surface area contributed by atoms with Gasteiger partial charge in [0.2, 0.25) is 0 Å². The molecule has 1 aliphatic rings. The van der Waals surface area contributed by atoms with Crippen molar-refractivity contribution in [3.05, 3.63) is 70.8 Å². The number of aliphatic hydroxyl groups is 1. The van der Waals surface area contributed by atoms with E-state index in [2.05, 4.69) is 0 Å². The number of hydrogen-bond donors (Lipinski definition) is 1. The normalized spacial score (nSPS) is 18.1. The highest BCUT2D eigenvalue weighted by molar-refractivity contribution is 6.46. The quantitative estimate of drug-likeness (QED) is 0.398. The number of hydrogen-bond acceptors (Lipinski definition) is 5. The summed E-state index contributed by atoms with van der Waals surface area (Å²) in [6.45, 7) is 5.63. The van der Waals surface area contributed by atoms with Gasteiger partial charge in [-0.05, 0) is 58.6 Å². The molecule has 1 aliphatic heterocycles. The number of aliphatic hydroxyl groups excluding tert-OH is 1. The van der Waals surface area contributed by atoms with Crippen molar-refractivity contribution in [1.82, 2.24) is 9.80 Å². The minimum absolute atomic E-state index is 0.128. The highest BCUT2D eigenvalue weighted by Crippen LogP contribution is 2.39. The molecule has 1 atom stereocenters. The van der Waals surface area contributed by atoms with Crippen LogP contribution < -0.4 is 4.74 Å². The molecule has 2 aromatic rings. The van der Waals surface area contributed by atoms with Gasteiger partial charge in [0.1, 0.15) is 11.5 Å². The van der Waals surface area contributed by atoms with Crippen molar-refractivity contribution in [2.75, 3.05) is 33.8 Å². The van der Waals surface area contributed by atoms with Gasteiger partial charge in [0.25, 0.3) is 11.7 Å². The number of likely N-dealkylation sites (tertiary alicyclic amines) is 1. The van der Waals surface area contributed by atoms with Gasteiger partial charge >= 0.3 is 0 Å². The number of amides is 1. The molecule has 0 spiro atoms. The highest BCUT2D eigenvalue weighted by Gasteiger charge is 2.45. The standard InChI is InChI=1S/C25H30N2O4/c1-5-31-20-13-11-18(12-14-20)22-21(23(28)19-9-7-17(2)8-10-19)24(29)25(30)27(22)16-6-15-26(3)4/h7-14,22,28H,5-6,15-16H2,1-4H3/b23-21-. The average molecular weight is 423 g/mol. The number of ketones is 1. The Bertz CT molecular complexity index is 962. The van der Waals surface area contributed by atoms with Crippen LogP contribution in [0.3, 0.4) is 0 Å². The number of carbonyl (C=O) groups excluding carboxylic acids is 2. The van der Waals surface area contributed by atoms with Gasteiger partial charge in [-0.25, -0.2) is 0 Å². The lowest BCUT2D eigenvalue weighted by Crippen LogP contribution is -2.32. The Hall–Kier alpha value is -3.12. The van der Waals surface area contributed by atoms with Crippen LogP contribution in [0.4, 0.5) is 0 Å². The molecule has 0 bridgehead atoms. The molecule has 1 fully saturated rings. The molecule has 6 heteroatoms. The third kappa shape index (κ3) is 4.97. The van der Waals surface area contributed by atoms with Crippen molar-refractivity contribution < 1.29 is 19.4 Å². The Labute approximate surface area is 183 Å². The highest BCUT2D eigenvalue weighted by atomic mass is 16.5. The number of nitrogens with zero attached hydrogens (tertiary/aromatic N) is 2. The summed E-state index contributed by atoms with van der Waals surface area (Å²) in [5.41, 5.74) is 2.46. The zero-order valence-electron chi connectivity index (χ0n) is 18.6. The second-order valence-corrected chi connectivity index (χ2v) is 8.02. The van der Waals surface area contributed by atoms with Gasteiger partial charge in [-0.3, -0.25) is 9.59 Å². The van der Waals surface area contributed by atoms with E-state index in [1.54, 1.807) is 17.0 Å². The smallest absolute Gasteiger partial charge is 0.295 e. The van der Waals surface area contributed by atoms with Gasteiger partial charge < -0.3 is 19.6 Å². The first-order valence-corrected chi connectivity index (χ1v) is 10.6. The molecule has 1 N–H and O–H groups in total. The summed E-state index contributed by atoms with van der Waals surface area (Å²) in [4.78, 5) is 29.5. The van der Waals surface area contributed by atoms with Crippen LogP contribution in [0.15, 0.2) is 54.1 Å². The van der Waals surface area contributed by atoms with Crippen molar-refractivity contribution in [2.45, 2.75) is 26.3 Å². The molecule has 1 heterocycles. The summed E-state index contributed by atoms with van der Waals surface area (Å²) in [5.74, 6) is -0.658. The predicted octanol–water partition coefficient (Wildman–Crippen LogP) is 3.77. The first-order valence-electron chi connectivity index (χ1n) is 10.6. The topological polar surface area (TPSA) is 70.1 Å². The molecular weight excluding hydrogens is 392 g/mol. The van der Waals surface area contributed by atoms with Gasteiger partial charge in [-0.1, -0.05) is 42.0 Å². The van der Waals surface area contributed by atoms with Crippen LogP contribution in [-0.2, 0) is 9.59 Å². The number of rotatable bonds is 8. The lowest BCUT2D eigenvalue weighted by Gasteiger charge is -2.26. The second kappa shape index (κ2) is 9.79. The van der Waals surface area contributed by atoms with Crippen LogP contribution in [-0.4, -0.2) is 60.4 Å². The fraction of sp³-hybridized carbons (Fsp3) is 0.360. The zero-order chi connectivity index (χ0) is 22.5. The van der Waals surface area contributed by atoms with E-state index >= 15 is 0 Å². The molecule has 0 aromatic heterocycles. The number of ether oxygens (including phenoxy) is 1. The van der Waals surface area contributed by atoms with Gasteiger partial charge in [-0.2, -0.15) is 0 Å². The summed E-state index contributed by atoms with van der Waals surface area (Å²) in [6.07, 6.45) is 0.720. The van der Waals surface area contributed by atoms with Gasteiger partial charge in [-0.15, -0.1) is 0 Å². The molecule has 0 radical (unpaired) electrons. The van der Waals surface area contributed by atoms with Crippen LogP contribution in [0, 0.1) is 6.92 Å². The molecule has 1 amide bonds. The predicted molar refractivity (Wildman–Crippen MR) is 121 cm³/mol. The monoisotopic (exact) mass is 422 g/mol. The fourth-order valence-corrected chi connectivity index (χ4v) is 3.79. The van der Waals surface area contributed by atoms with E-state index < -0.39 is 17.7 Å². The summed E-state index contributed by atoms with van der Waals surface area (Å²) in [7, 11) is 3.94. The lowest BCUT2D eigenvalue weighted by molar-refractivity contribution is -0.139. The molecule has 0 aliphatic carbocycles. The maximum absolute atomic E-state index is 13.0. The fourth-order valence-electron chi connectivity index (χ4n) is 3.79. The Morgan fingerprint density at radius 1 is 1.06 bits per heavy atom. The van der Waals surface area contributed by atoms with Crippen molar-refractivity contribution in [1.29, 1.82) is 0 Å². The summed E-state index contributed by atoms with van der Waals surface area (Å²) in [5, 5.41) is 11.0. The third-order valence-corrected chi connectivity index (χ3v) is 5.38. The van der Waals surface area contributed by atoms with Crippen molar-refractivity contribution in [2.24, 2.45) is 0 Å². The van der Waals surface area contributed by atoms with Crippen LogP contribution in [0.2, 0.25) is 0 Å². The number of carbonyl (C=O) groups is 2. The van der Waals surface area contributed by atoms with Crippen LogP contribution in [0.5, 0.6) is 5.75 Å². The number of aryl methyl sites for hydroxylation is 1. The summed E-state index contributed by atoms with van der Waals surface area (Å²) < 4.78 is 5.52. The van der Waals surface area contributed by atoms with Crippen LogP contribution in [0.25, 0.3) is 5.76 Å². The molecule has 1 unspecified atom stereocenters. The van der Waals surface area contributed by atoms with E-state index in [1.807, 2.05) is 69.2 Å². The molecular formula is C25H30N2O4. The average Bonchev–Trinajstić information content (AvgIpc) is 2.99. The summed E-state index contributed by atoms with van der Waals surface area (Å²) >= 11 is 0. The summed E-state index contributed by atoms with van der Waals surface area (Å²) in [6, 6.07) is 14.0. The van der Waals surface area contributed by atoms with E-state index in [-0.39, 0.29) is 11.3 Å². The first kappa shape index (κ1) is 22.6. The number of benzene rings is 2. The lowest BCUT2D eigenvalue weighted by atomic mass is 9.95. The Morgan fingerprint density at radius 2 is 1.71 bits per heavy atom. The zero-order valence-corrected chi connectivity index (χ0v) is 18.6. The minimum Gasteiger partial charge on any atom is -0.507 e. The molecule has 3 rings (SSSR count). The largest absolute Gasteiger partial charge is 0.507 e. The Balaban J connectivity index is 2.05. The van der Waals surface area contributed by atoms with E-state index in [4.69, 9.17) is 4.74 Å². The van der Waals surface area contributed by atoms with E-state index in [0.717, 1.165) is 24.1 Å². The minimum atomic E-state index is -0.651. The molecule has 2 aromatic carbocycles. The first-order chi connectivity index (χ1) is 14.8. The molecule has 6 nitrogen and oxygen atoms in total. The van der Waals surface area contributed by atoms with Crippen molar-refractivity contribution in [3.8, 4) is 5.75 Å². The van der Waals surface area contributed by atoms with Crippen LogP contribution >= 0.6 is 0 Å². The van der Waals surface area contributed by atoms with Gasteiger partial charge in [0.05, 0.1) is 18.2 Å². The van der Waals surface area contributed by atoms with Gasteiger partial charge in [0.15, 0.2) is 0 Å². The SMILES string of the molecule is CCOc1ccc(C2/C(=C(/O)c3ccc(C)cc3)C(=O)C(=O)N2CCCN(C)C)cc1. The van der Waals surface area contributed by atoms with Crippen molar-refractivity contribution in [3.63, 3.8) is 0 Å². The second-order valence-electron chi connectivity index (χ2n) is 8.02. The maximum atomic E-state index is 13.0. The third-order valence-electron chi connectivity index (χ3n) is 5.38. The van der Waals surface area contributed by atoms with Crippen LogP contribution in [0.1, 0.15) is 36.1 Å². The van der Waals surface area contributed by atoms with E-state index in [1.165, 1.54) is 0 Å².